The van der Waals surface area contributed by atoms with Crippen molar-refractivity contribution >= 4 is 16.9 Å². The van der Waals surface area contributed by atoms with Gasteiger partial charge in [-0.3, -0.25) is 4.79 Å². The largest absolute Gasteiger partial charge is 0.465 e. The number of pyridine rings is 1. The van der Waals surface area contributed by atoms with Gasteiger partial charge in [0.1, 0.15) is 0 Å². The monoisotopic (exact) mass is 274 g/mol. The second-order valence-electron chi connectivity index (χ2n) is 4.71. The van der Waals surface area contributed by atoms with E-state index in [-0.39, 0.29) is 17.6 Å². The zero-order valence-electron chi connectivity index (χ0n) is 11.8. The minimum atomic E-state index is -0.389. The van der Waals surface area contributed by atoms with E-state index in [1.165, 1.54) is 17.9 Å². The summed E-state index contributed by atoms with van der Waals surface area (Å²) < 4.78 is 6.22. The van der Waals surface area contributed by atoms with Crippen LogP contribution in [-0.4, -0.2) is 23.8 Å². The van der Waals surface area contributed by atoms with E-state index in [0.29, 0.717) is 5.56 Å². The van der Waals surface area contributed by atoms with Gasteiger partial charge in [-0.15, -0.1) is 0 Å². The minimum absolute atomic E-state index is 0.122. The maximum absolute atomic E-state index is 12.0. The van der Waals surface area contributed by atoms with E-state index in [1.807, 2.05) is 13.8 Å². The summed E-state index contributed by atoms with van der Waals surface area (Å²) in [7, 11) is 1.35. The van der Waals surface area contributed by atoms with Crippen molar-refractivity contribution in [3.05, 3.63) is 46.2 Å². The Morgan fingerprint density at radius 1 is 1.35 bits per heavy atom. The molecule has 1 heterocycles. The smallest absolute Gasteiger partial charge is 0.337 e. The van der Waals surface area contributed by atoms with Crippen LogP contribution >= 0.6 is 0 Å². The van der Waals surface area contributed by atoms with Crippen LogP contribution in [0.15, 0.2) is 35.1 Å². The lowest BCUT2D eigenvalue weighted by atomic mass is 10.1. The Morgan fingerprint density at radius 3 is 2.75 bits per heavy atom. The molecule has 5 heteroatoms. The van der Waals surface area contributed by atoms with E-state index in [0.717, 1.165) is 17.3 Å². The molecule has 0 bridgehead atoms. The Bertz CT molecular complexity index is 691. The maximum Gasteiger partial charge on any atom is 0.337 e. The van der Waals surface area contributed by atoms with E-state index in [2.05, 4.69) is 5.43 Å². The normalized spacial score (nSPS) is 12.2. The van der Waals surface area contributed by atoms with Gasteiger partial charge in [0.2, 0.25) is 0 Å². The van der Waals surface area contributed by atoms with Crippen LogP contribution in [0.4, 0.5) is 0 Å². The van der Waals surface area contributed by atoms with E-state index in [4.69, 9.17) is 4.74 Å². The van der Waals surface area contributed by atoms with Gasteiger partial charge in [0.05, 0.1) is 18.2 Å². The van der Waals surface area contributed by atoms with Gasteiger partial charge in [-0.05, 0) is 37.6 Å². The standard InChI is InChI=1S/C15H18N2O3/c1-4-10(2)16-17-13-7-5-12(15(19)20-3)9-11(13)6-8-14(17)18/h5-10,16H,4H2,1-3H3/t10-/m1/s1. The van der Waals surface area contributed by atoms with Crippen molar-refractivity contribution in [2.24, 2.45) is 0 Å². The average molecular weight is 274 g/mol. The van der Waals surface area contributed by atoms with Gasteiger partial charge in [-0.2, -0.15) is 0 Å². The summed E-state index contributed by atoms with van der Waals surface area (Å²) in [5.41, 5.74) is 4.24. The SMILES string of the molecule is CC[C@@H](C)Nn1c(=O)ccc2cc(C(=O)OC)ccc21. The van der Waals surface area contributed by atoms with Gasteiger partial charge in [-0.25, -0.2) is 9.47 Å². The first-order chi connectivity index (χ1) is 9.56. The summed E-state index contributed by atoms with van der Waals surface area (Å²) >= 11 is 0. The highest BCUT2D eigenvalue weighted by Gasteiger charge is 2.09. The topological polar surface area (TPSA) is 60.3 Å². The zero-order chi connectivity index (χ0) is 14.7. The van der Waals surface area contributed by atoms with Gasteiger partial charge in [0, 0.05) is 17.5 Å². The van der Waals surface area contributed by atoms with Gasteiger partial charge >= 0.3 is 5.97 Å². The Morgan fingerprint density at radius 2 is 2.10 bits per heavy atom. The molecule has 0 aliphatic carbocycles. The Hall–Kier alpha value is -2.30. The first kappa shape index (κ1) is 14.1. The third-order valence-corrected chi connectivity index (χ3v) is 3.28. The highest BCUT2D eigenvalue weighted by molar-refractivity contribution is 5.94. The molecule has 0 unspecified atom stereocenters. The molecule has 0 amide bonds. The Kier molecular flexibility index (Phi) is 4.08. The lowest BCUT2D eigenvalue weighted by Crippen LogP contribution is -2.33. The van der Waals surface area contributed by atoms with Crippen molar-refractivity contribution in [2.75, 3.05) is 12.5 Å². The molecule has 1 aromatic carbocycles. The maximum atomic E-state index is 12.0. The number of hydrogen-bond acceptors (Lipinski definition) is 4. The quantitative estimate of drug-likeness (QED) is 0.868. The molecule has 1 N–H and O–H groups in total. The van der Waals surface area contributed by atoms with E-state index < -0.39 is 0 Å². The summed E-state index contributed by atoms with van der Waals surface area (Å²) in [4.78, 5) is 23.5. The molecular formula is C15H18N2O3. The van der Waals surface area contributed by atoms with Gasteiger partial charge < -0.3 is 10.2 Å². The first-order valence-corrected chi connectivity index (χ1v) is 6.57. The second kappa shape index (κ2) is 5.77. The Balaban J connectivity index is 2.55. The van der Waals surface area contributed by atoms with Gasteiger partial charge in [-0.1, -0.05) is 6.92 Å². The number of hydrogen-bond donors (Lipinski definition) is 1. The molecule has 5 nitrogen and oxygen atoms in total. The minimum Gasteiger partial charge on any atom is -0.465 e. The van der Waals surface area contributed by atoms with Crippen molar-refractivity contribution in [3.8, 4) is 0 Å². The predicted octanol–water partition coefficient (Wildman–Crippen LogP) is 2.13. The number of esters is 1. The summed E-state index contributed by atoms with van der Waals surface area (Å²) in [6.45, 7) is 4.05. The van der Waals surface area contributed by atoms with E-state index in [1.54, 1.807) is 24.3 Å². The third kappa shape index (κ3) is 2.66. The molecule has 20 heavy (non-hydrogen) atoms. The third-order valence-electron chi connectivity index (χ3n) is 3.28. The van der Waals surface area contributed by atoms with E-state index >= 15 is 0 Å². The fourth-order valence-corrected chi connectivity index (χ4v) is 1.94. The molecule has 0 saturated carbocycles. The lowest BCUT2D eigenvalue weighted by Gasteiger charge is -2.17. The van der Waals surface area contributed by atoms with Crippen LogP contribution in [0.1, 0.15) is 30.6 Å². The van der Waals surface area contributed by atoms with Gasteiger partial charge in [0.25, 0.3) is 5.56 Å². The summed E-state index contributed by atoms with van der Waals surface area (Å²) in [6.07, 6.45) is 0.906. The van der Waals surface area contributed by atoms with Crippen LogP contribution in [0, 0.1) is 0 Å². The zero-order valence-corrected chi connectivity index (χ0v) is 11.8. The first-order valence-electron chi connectivity index (χ1n) is 6.57. The van der Waals surface area contributed by atoms with Crippen LogP contribution in [0.25, 0.3) is 10.9 Å². The molecule has 0 fully saturated rings. The molecule has 106 valence electrons. The molecule has 2 rings (SSSR count). The molecule has 0 radical (unpaired) electrons. The molecule has 0 spiro atoms. The molecule has 0 saturated heterocycles. The highest BCUT2D eigenvalue weighted by atomic mass is 16.5. The number of rotatable bonds is 4. The van der Waals surface area contributed by atoms with Crippen LogP contribution in [-0.2, 0) is 4.74 Å². The summed E-state index contributed by atoms with van der Waals surface area (Å²) in [6, 6.07) is 8.49. The fraction of sp³-hybridized carbons (Fsp3) is 0.333. The number of ether oxygens (including phenoxy) is 1. The van der Waals surface area contributed by atoms with Crippen molar-refractivity contribution < 1.29 is 9.53 Å². The van der Waals surface area contributed by atoms with E-state index in [9.17, 15) is 9.59 Å². The molecule has 0 aliphatic heterocycles. The number of nitrogens with one attached hydrogen (secondary N) is 1. The van der Waals surface area contributed by atoms with Crippen LogP contribution in [0.3, 0.4) is 0 Å². The number of nitrogens with zero attached hydrogens (tertiary/aromatic N) is 1. The molecule has 1 aromatic heterocycles. The van der Waals surface area contributed by atoms with Crippen molar-refractivity contribution in [2.45, 2.75) is 26.3 Å². The van der Waals surface area contributed by atoms with Gasteiger partial charge in [0.15, 0.2) is 0 Å². The number of aromatic nitrogens is 1. The van der Waals surface area contributed by atoms with Crippen molar-refractivity contribution in [3.63, 3.8) is 0 Å². The second-order valence-corrected chi connectivity index (χ2v) is 4.71. The highest BCUT2D eigenvalue weighted by Crippen LogP contribution is 2.15. The number of methoxy groups -OCH3 is 1. The fourth-order valence-electron chi connectivity index (χ4n) is 1.94. The molecule has 1 atom stereocenters. The van der Waals surface area contributed by atoms with Crippen LogP contribution < -0.4 is 11.0 Å². The van der Waals surface area contributed by atoms with Crippen LogP contribution in [0.2, 0.25) is 0 Å². The van der Waals surface area contributed by atoms with Crippen molar-refractivity contribution in [1.29, 1.82) is 0 Å². The number of benzene rings is 1. The number of carbonyl (C=O) groups excluding carboxylic acids is 1. The molecular weight excluding hydrogens is 256 g/mol. The summed E-state index contributed by atoms with van der Waals surface area (Å²) in [5, 5.41) is 0.809. The molecule has 2 aromatic rings. The lowest BCUT2D eigenvalue weighted by molar-refractivity contribution is 0.0601. The molecule has 0 aliphatic rings. The number of carbonyl (C=O) groups is 1. The van der Waals surface area contributed by atoms with Crippen molar-refractivity contribution in [1.82, 2.24) is 4.68 Å². The number of fused-ring (bicyclic) bond motifs is 1. The average Bonchev–Trinajstić information content (AvgIpc) is 2.48. The Labute approximate surface area is 117 Å². The predicted molar refractivity (Wildman–Crippen MR) is 78.7 cm³/mol. The van der Waals surface area contributed by atoms with Crippen LogP contribution in [0.5, 0.6) is 0 Å². The summed E-state index contributed by atoms with van der Waals surface area (Å²) in [5.74, 6) is -0.389.